The minimum atomic E-state index is -0.510. The van der Waals surface area contributed by atoms with Crippen molar-refractivity contribution in [3.05, 3.63) is 210 Å². The molecular formula is C48H31N3. The zero-order valence-electron chi connectivity index (χ0n) is 27.7. The molecule has 0 amide bonds. The van der Waals surface area contributed by atoms with Gasteiger partial charge in [0.05, 0.1) is 5.41 Å². The van der Waals surface area contributed by atoms with Crippen LogP contribution in [-0.2, 0) is 5.41 Å². The van der Waals surface area contributed by atoms with Crippen molar-refractivity contribution in [3.63, 3.8) is 0 Å². The quantitative estimate of drug-likeness (QED) is 0.174. The van der Waals surface area contributed by atoms with Crippen LogP contribution in [0.25, 0.3) is 66.8 Å². The topological polar surface area (TPSA) is 38.7 Å². The van der Waals surface area contributed by atoms with Crippen LogP contribution in [0.2, 0.25) is 0 Å². The van der Waals surface area contributed by atoms with Crippen molar-refractivity contribution in [1.82, 2.24) is 15.0 Å². The van der Waals surface area contributed by atoms with Gasteiger partial charge in [-0.3, -0.25) is 0 Å². The van der Waals surface area contributed by atoms with E-state index in [1.165, 1.54) is 49.5 Å². The van der Waals surface area contributed by atoms with Gasteiger partial charge < -0.3 is 0 Å². The van der Waals surface area contributed by atoms with Crippen molar-refractivity contribution in [1.29, 1.82) is 0 Å². The summed E-state index contributed by atoms with van der Waals surface area (Å²) in [6, 6.07) is 66.9. The molecule has 0 unspecified atom stereocenters. The molecular weight excluding hydrogens is 619 g/mol. The molecule has 0 atom stereocenters. The second-order valence-corrected chi connectivity index (χ2v) is 13.2. The van der Waals surface area contributed by atoms with Gasteiger partial charge in [-0.1, -0.05) is 176 Å². The average molecular weight is 650 g/mol. The minimum absolute atomic E-state index is 0.510. The van der Waals surface area contributed by atoms with Crippen LogP contribution in [0.5, 0.6) is 0 Å². The second kappa shape index (κ2) is 11.7. The SMILES string of the molecule is c1ccc(-c2nc(-c3ccc4c(c3)C(c3ccccc3)(c3ccccc3)c3ccccc3-4)nc(-c3ccc4c(ccc5ccccc54)c3)n2)cc1. The van der Waals surface area contributed by atoms with Crippen LogP contribution in [0.3, 0.4) is 0 Å². The lowest BCUT2D eigenvalue weighted by molar-refractivity contribution is 0.768. The first-order chi connectivity index (χ1) is 25.3. The number of nitrogens with zero attached hydrogens (tertiary/aromatic N) is 3. The lowest BCUT2D eigenvalue weighted by atomic mass is 9.67. The van der Waals surface area contributed by atoms with Crippen molar-refractivity contribution in [2.75, 3.05) is 0 Å². The van der Waals surface area contributed by atoms with Gasteiger partial charge in [0, 0.05) is 16.7 Å². The molecule has 10 rings (SSSR count). The van der Waals surface area contributed by atoms with Crippen molar-refractivity contribution in [2.24, 2.45) is 0 Å². The third kappa shape index (κ3) is 4.63. The number of rotatable bonds is 5. The van der Waals surface area contributed by atoms with Crippen LogP contribution < -0.4 is 0 Å². The minimum Gasteiger partial charge on any atom is -0.208 e. The van der Waals surface area contributed by atoms with E-state index in [0.29, 0.717) is 17.5 Å². The van der Waals surface area contributed by atoms with Crippen LogP contribution in [0.1, 0.15) is 22.3 Å². The van der Waals surface area contributed by atoms with Gasteiger partial charge in [0.25, 0.3) is 0 Å². The smallest absolute Gasteiger partial charge is 0.164 e. The van der Waals surface area contributed by atoms with Gasteiger partial charge in [-0.25, -0.2) is 15.0 Å². The molecule has 1 aliphatic carbocycles. The number of hydrogen-bond donors (Lipinski definition) is 0. The Labute approximate surface area is 296 Å². The second-order valence-electron chi connectivity index (χ2n) is 13.2. The van der Waals surface area contributed by atoms with Gasteiger partial charge in [0.2, 0.25) is 0 Å². The molecule has 1 aromatic heterocycles. The van der Waals surface area contributed by atoms with Crippen LogP contribution in [-0.4, -0.2) is 15.0 Å². The number of fused-ring (bicyclic) bond motifs is 6. The molecule has 0 spiro atoms. The van der Waals surface area contributed by atoms with Crippen LogP contribution >= 0.6 is 0 Å². The summed E-state index contributed by atoms with van der Waals surface area (Å²) in [7, 11) is 0. The van der Waals surface area contributed by atoms with E-state index in [0.717, 1.165) is 22.1 Å². The number of hydrogen-bond acceptors (Lipinski definition) is 3. The van der Waals surface area contributed by atoms with Gasteiger partial charge in [-0.2, -0.15) is 0 Å². The molecule has 8 aromatic carbocycles. The molecule has 0 N–H and O–H groups in total. The van der Waals surface area contributed by atoms with E-state index in [2.05, 4.69) is 170 Å². The molecule has 0 saturated heterocycles. The van der Waals surface area contributed by atoms with Crippen molar-refractivity contribution in [2.45, 2.75) is 5.41 Å². The highest BCUT2D eigenvalue weighted by Gasteiger charge is 2.46. The maximum atomic E-state index is 5.21. The highest BCUT2D eigenvalue weighted by Crippen LogP contribution is 2.56. The molecule has 238 valence electrons. The standard InChI is InChI=1S/C48H31N3/c1-4-15-33(16-5-1)45-49-46(35-26-28-40-34(30-35)25-24-32-14-10-11-21-39(32)40)51-47(50-45)36-27-29-42-41-22-12-13-23-43(41)48(44(42)31-36,37-17-6-2-7-18-37)38-19-8-3-9-20-38/h1-31H. The summed E-state index contributed by atoms with van der Waals surface area (Å²) in [5, 5.41) is 4.83. The summed E-state index contributed by atoms with van der Waals surface area (Å²) >= 11 is 0. The first-order valence-corrected chi connectivity index (χ1v) is 17.4. The maximum absolute atomic E-state index is 5.21. The first kappa shape index (κ1) is 29.2. The van der Waals surface area contributed by atoms with Crippen molar-refractivity contribution in [3.8, 4) is 45.3 Å². The summed E-state index contributed by atoms with van der Waals surface area (Å²) < 4.78 is 0. The Hall–Kier alpha value is -6.71. The summed E-state index contributed by atoms with van der Waals surface area (Å²) in [5.41, 5.74) is 9.77. The molecule has 0 bridgehead atoms. The molecule has 0 saturated carbocycles. The van der Waals surface area contributed by atoms with E-state index in [1.807, 2.05) is 18.2 Å². The predicted octanol–water partition coefficient (Wildman–Crippen LogP) is 11.5. The van der Waals surface area contributed by atoms with E-state index in [4.69, 9.17) is 15.0 Å². The summed E-state index contributed by atoms with van der Waals surface area (Å²) in [5.74, 6) is 1.94. The number of aromatic nitrogens is 3. The molecule has 0 fully saturated rings. The molecule has 1 heterocycles. The summed E-state index contributed by atoms with van der Waals surface area (Å²) in [4.78, 5) is 15.4. The summed E-state index contributed by atoms with van der Waals surface area (Å²) in [6.45, 7) is 0. The molecule has 51 heavy (non-hydrogen) atoms. The molecule has 9 aromatic rings. The third-order valence-electron chi connectivity index (χ3n) is 10.4. The van der Waals surface area contributed by atoms with E-state index in [1.54, 1.807) is 0 Å². The molecule has 0 radical (unpaired) electrons. The molecule has 1 aliphatic rings. The van der Waals surface area contributed by atoms with Gasteiger partial charge >= 0.3 is 0 Å². The fraction of sp³-hybridized carbons (Fsp3) is 0.0208. The lowest BCUT2D eigenvalue weighted by Gasteiger charge is -2.34. The van der Waals surface area contributed by atoms with Crippen molar-refractivity contribution >= 4 is 21.5 Å². The Bertz CT molecular complexity index is 2700. The zero-order valence-corrected chi connectivity index (χ0v) is 27.7. The Morgan fingerprint density at radius 3 is 1.55 bits per heavy atom. The third-order valence-corrected chi connectivity index (χ3v) is 10.4. The van der Waals surface area contributed by atoms with Gasteiger partial charge in [0.1, 0.15) is 0 Å². The van der Waals surface area contributed by atoms with E-state index in [9.17, 15) is 0 Å². The van der Waals surface area contributed by atoms with Crippen LogP contribution in [0, 0.1) is 0 Å². The Kier molecular flexibility index (Phi) is 6.71. The fourth-order valence-corrected chi connectivity index (χ4v) is 8.09. The van der Waals surface area contributed by atoms with E-state index in [-0.39, 0.29) is 0 Å². The largest absolute Gasteiger partial charge is 0.208 e. The molecule has 3 heteroatoms. The Morgan fingerprint density at radius 1 is 0.314 bits per heavy atom. The predicted molar refractivity (Wildman–Crippen MR) is 208 cm³/mol. The average Bonchev–Trinajstić information content (AvgIpc) is 3.52. The lowest BCUT2D eigenvalue weighted by Crippen LogP contribution is -2.28. The van der Waals surface area contributed by atoms with E-state index >= 15 is 0 Å². The van der Waals surface area contributed by atoms with Crippen LogP contribution in [0.4, 0.5) is 0 Å². The van der Waals surface area contributed by atoms with Gasteiger partial charge in [-0.05, 0) is 67.1 Å². The highest BCUT2D eigenvalue weighted by atomic mass is 15.0. The monoisotopic (exact) mass is 649 g/mol. The fourth-order valence-electron chi connectivity index (χ4n) is 8.09. The highest BCUT2D eigenvalue weighted by molar-refractivity contribution is 6.08. The first-order valence-electron chi connectivity index (χ1n) is 17.4. The summed E-state index contributed by atoms with van der Waals surface area (Å²) in [6.07, 6.45) is 0. The molecule has 0 aliphatic heterocycles. The normalized spacial score (nSPS) is 12.9. The Morgan fingerprint density at radius 2 is 0.824 bits per heavy atom. The van der Waals surface area contributed by atoms with Gasteiger partial charge in [-0.15, -0.1) is 0 Å². The maximum Gasteiger partial charge on any atom is 0.164 e. The number of benzene rings is 8. The van der Waals surface area contributed by atoms with Gasteiger partial charge in [0.15, 0.2) is 17.5 Å². The zero-order chi connectivity index (χ0) is 33.8. The Balaban J connectivity index is 1.21. The molecule has 3 nitrogen and oxygen atoms in total. The van der Waals surface area contributed by atoms with Crippen LogP contribution in [0.15, 0.2) is 188 Å². The van der Waals surface area contributed by atoms with Crippen molar-refractivity contribution < 1.29 is 0 Å². The van der Waals surface area contributed by atoms with E-state index < -0.39 is 5.41 Å².